The van der Waals surface area contributed by atoms with Crippen LogP contribution in [0.25, 0.3) is 0 Å². The van der Waals surface area contributed by atoms with Crippen LogP contribution in [0, 0.1) is 0 Å². The third-order valence-corrected chi connectivity index (χ3v) is 6.08. The van der Waals surface area contributed by atoms with Crippen LogP contribution in [0.5, 0.6) is 0 Å². The van der Waals surface area contributed by atoms with Gasteiger partial charge in [-0.3, -0.25) is 0 Å². The first-order valence-corrected chi connectivity index (χ1v) is 7.79. The molecular formula is C7H16S6. The molecule has 0 saturated carbocycles. The first kappa shape index (κ1) is 15.1. The van der Waals surface area contributed by atoms with Gasteiger partial charge in [-0.1, -0.05) is 0 Å². The van der Waals surface area contributed by atoms with Crippen molar-refractivity contribution in [1.82, 2.24) is 0 Å². The molecule has 2 unspecified atom stereocenters. The van der Waals surface area contributed by atoms with Crippen LogP contribution in [0.4, 0.5) is 0 Å². The van der Waals surface area contributed by atoms with Gasteiger partial charge in [-0.25, -0.2) is 0 Å². The number of hydrogen-bond donors (Lipinski definition) is 5. The number of thiol groups is 5. The minimum absolute atomic E-state index is 0.0824. The average molecular weight is 293 g/mol. The summed E-state index contributed by atoms with van der Waals surface area (Å²) in [5.74, 6) is 3.40. The monoisotopic (exact) mass is 292 g/mol. The van der Waals surface area contributed by atoms with Crippen LogP contribution in [0.2, 0.25) is 0 Å². The zero-order chi connectivity index (χ0) is 10.3. The molecule has 0 N–H and O–H groups in total. The fraction of sp³-hybridized carbons (Fsp3) is 1.00. The van der Waals surface area contributed by atoms with E-state index in [1.165, 1.54) is 0 Å². The third kappa shape index (κ3) is 7.06. The molecule has 0 nitrogen and oxygen atoms in total. The van der Waals surface area contributed by atoms with E-state index >= 15 is 0 Å². The maximum absolute atomic E-state index is 4.62. The van der Waals surface area contributed by atoms with Crippen LogP contribution in [-0.4, -0.2) is 32.3 Å². The molecule has 0 saturated heterocycles. The second kappa shape index (κ2) is 8.28. The first-order valence-electron chi connectivity index (χ1n) is 3.95. The van der Waals surface area contributed by atoms with Gasteiger partial charge in [0.1, 0.15) is 0 Å². The highest BCUT2D eigenvalue weighted by Crippen LogP contribution is 2.36. The fourth-order valence-corrected chi connectivity index (χ4v) is 3.60. The van der Waals surface area contributed by atoms with E-state index < -0.39 is 0 Å². The van der Waals surface area contributed by atoms with Gasteiger partial charge in [-0.15, -0.1) is 11.8 Å². The second-order valence-corrected chi connectivity index (χ2v) is 7.21. The van der Waals surface area contributed by atoms with E-state index in [-0.39, 0.29) is 4.08 Å². The Balaban J connectivity index is 3.94. The largest absolute Gasteiger partial charge is 0.179 e. The van der Waals surface area contributed by atoms with Gasteiger partial charge in [-0.05, 0) is 12.2 Å². The van der Waals surface area contributed by atoms with Crippen molar-refractivity contribution in [3.8, 4) is 0 Å². The summed E-state index contributed by atoms with van der Waals surface area (Å²) in [5.41, 5.74) is 0. The molecule has 0 amide bonds. The Morgan fingerprint density at radius 3 is 2.23 bits per heavy atom. The number of hydrogen-bond acceptors (Lipinski definition) is 6. The molecule has 0 aromatic heterocycles. The normalized spacial score (nSPS) is 18.2. The Morgan fingerprint density at radius 2 is 1.85 bits per heavy atom. The van der Waals surface area contributed by atoms with E-state index in [0.717, 1.165) is 29.4 Å². The second-order valence-electron chi connectivity index (χ2n) is 2.72. The van der Waals surface area contributed by atoms with Gasteiger partial charge in [0, 0.05) is 22.5 Å². The molecule has 80 valence electrons. The van der Waals surface area contributed by atoms with Crippen molar-refractivity contribution in [3.63, 3.8) is 0 Å². The molecule has 0 aromatic carbocycles. The van der Waals surface area contributed by atoms with Crippen LogP contribution in [-0.2, 0) is 0 Å². The Labute approximate surface area is 113 Å². The highest BCUT2D eigenvalue weighted by Gasteiger charge is 2.26. The first-order chi connectivity index (χ1) is 6.08. The molecule has 0 fully saturated rings. The van der Waals surface area contributed by atoms with Crippen molar-refractivity contribution < 1.29 is 0 Å². The molecule has 0 bridgehead atoms. The molecule has 0 rings (SSSR count). The van der Waals surface area contributed by atoms with Gasteiger partial charge in [0.15, 0.2) is 0 Å². The lowest BCUT2D eigenvalue weighted by Gasteiger charge is -2.28. The van der Waals surface area contributed by atoms with Gasteiger partial charge >= 0.3 is 0 Å². The molecular weight excluding hydrogens is 276 g/mol. The van der Waals surface area contributed by atoms with Crippen molar-refractivity contribution in [1.29, 1.82) is 0 Å². The summed E-state index contributed by atoms with van der Waals surface area (Å²) in [7, 11) is 0. The lowest BCUT2D eigenvalue weighted by Crippen LogP contribution is -2.25. The topological polar surface area (TPSA) is 0 Å². The van der Waals surface area contributed by atoms with E-state index in [1.54, 1.807) is 11.8 Å². The lowest BCUT2D eigenvalue weighted by atomic mass is 10.2. The summed E-state index contributed by atoms with van der Waals surface area (Å²) in [5, 5.41) is 0.292. The van der Waals surface area contributed by atoms with Crippen LogP contribution >= 0.6 is 74.9 Å². The summed E-state index contributed by atoms with van der Waals surface area (Å²) >= 11 is 23.5. The molecule has 6 heteroatoms. The minimum atomic E-state index is -0.0824. The standard InChI is InChI=1S/C7H16S6/c8-1-2-13-7(12,5-10)3-6(11)4-9/h6,8-12H,1-5H2. The van der Waals surface area contributed by atoms with Gasteiger partial charge in [0.25, 0.3) is 0 Å². The number of rotatable bonds is 7. The van der Waals surface area contributed by atoms with E-state index in [1.807, 2.05) is 0 Å². The quantitative estimate of drug-likeness (QED) is 0.355. The lowest BCUT2D eigenvalue weighted by molar-refractivity contribution is 0.785. The predicted octanol–water partition coefficient (Wildman–Crippen LogP) is 2.82. The molecule has 13 heavy (non-hydrogen) atoms. The SMILES string of the molecule is SCCSC(S)(CS)CC(S)CS. The molecule has 0 aliphatic rings. The molecule has 2 atom stereocenters. The Bertz CT molecular complexity index is 130. The molecule has 0 aliphatic heterocycles. The van der Waals surface area contributed by atoms with Crippen LogP contribution in [0.15, 0.2) is 0 Å². The fourth-order valence-electron chi connectivity index (χ4n) is 0.837. The summed E-state index contributed by atoms with van der Waals surface area (Å²) < 4.78 is -0.0824. The average Bonchev–Trinajstić information content (AvgIpc) is 2.14. The van der Waals surface area contributed by atoms with Gasteiger partial charge < -0.3 is 0 Å². The highest BCUT2D eigenvalue weighted by atomic mass is 32.2. The van der Waals surface area contributed by atoms with Crippen molar-refractivity contribution >= 4 is 74.9 Å². The zero-order valence-corrected chi connectivity index (χ0v) is 12.5. The predicted molar refractivity (Wildman–Crippen MR) is 83.1 cm³/mol. The van der Waals surface area contributed by atoms with Crippen LogP contribution in [0.3, 0.4) is 0 Å². The minimum Gasteiger partial charge on any atom is -0.179 e. The van der Waals surface area contributed by atoms with Crippen LogP contribution in [0.1, 0.15) is 6.42 Å². The van der Waals surface area contributed by atoms with E-state index in [2.05, 4.69) is 63.1 Å². The summed E-state index contributed by atoms with van der Waals surface area (Å²) in [6.07, 6.45) is 0.921. The van der Waals surface area contributed by atoms with Crippen molar-refractivity contribution in [3.05, 3.63) is 0 Å². The molecule has 0 aromatic rings. The van der Waals surface area contributed by atoms with E-state index in [9.17, 15) is 0 Å². The van der Waals surface area contributed by atoms with Gasteiger partial charge in [-0.2, -0.15) is 63.1 Å². The molecule has 0 aliphatic carbocycles. The van der Waals surface area contributed by atoms with Crippen molar-refractivity contribution in [2.45, 2.75) is 15.7 Å². The zero-order valence-electron chi connectivity index (χ0n) is 7.26. The van der Waals surface area contributed by atoms with Gasteiger partial charge in [0.05, 0.1) is 4.08 Å². The molecule has 0 spiro atoms. The van der Waals surface area contributed by atoms with Crippen molar-refractivity contribution in [2.24, 2.45) is 0 Å². The summed E-state index contributed by atoms with van der Waals surface area (Å²) in [4.78, 5) is 0. The third-order valence-electron chi connectivity index (χ3n) is 1.47. The Kier molecular flexibility index (Phi) is 9.61. The number of thioether (sulfide) groups is 1. The summed E-state index contributed by atoms with van der Waals surface area (Å²) in [6, 6.07) is 0. The van der Waals surface area contributed by atoms with E-state index in [0.29, 0.717) is 5.25 Å². The maximum atomic E-state index is 4.62. The molecule has 0 heterocycles. The highest BCUT2D eigenvalue weighted by molar-refractivity contribution is 8.12. The Morgan fingerprint density at radius 1 is 1.23 bits per heavy atom. The smallest absolute Gasteiger partial charge is 0.0679 e. The maximum Gasteiger partial charge on any atom is 0.0679 e. The molecule has 0 radical (unpaired) electrons. The van der Waals surface area contributed by atoms with Crippen LogP contribution < -0.4 is 0 Å². The summed E-state index contributed by atoms with van der Waals surface area (Å²) in [6.45, 7) is 0. The van der Waals surface area contributed by atoms with E-state index in [4.69, 9.17) is 0 Å². The van der Waals surface area contributed by atoms with Crippen molar-refractivity contribution in [2.75, 3.05) is 23.0 Å². The Hall–Kier alpha value is 2.10. The van der Waals surface area contributed by atoms with Gasteiger partial charge in [0.2, 0.25) is 0 Å².